The van der Waals surface area contributed by atoms with Crippen molar-refractivity contribution in [3.63, 3.8) is 0 Å². The fraction of sp³-hybridized carbons (Fsp3) is 0.278. The fourth-order valence-electron chi connectivity index (χ4n) is 4.86. The van der Waals surface area contributed by atoms with Crippen molar-refractivity contribution in [2.45, 2.75) is 38.5 Å². The Morgan fingerprint density at radius 3 is 1.71 bits per heavy atom. The molecule has 0 fully saturated rings. The Labute approximate surface area is 263 Å². The van der Waals surface area contributed by atoms with E-state index in [2.05, 4.69) is 0 Å². The number of likely N-dealkylation sites (N-methyl/N-ethyl adjacent to an activating group) is 1. The number of amides is 2. The number of carboxylic acid groups (broad SMARTS) is 2. The van der Waals surface area contributed by atoms with Gasteiger partial charge in [-0.2, -0.15) is 0 Å². The molecule has 5 rings (SSSR count). The summed E-state index contributed by atoms with van der Waals surface area (Å²) < 4.78 is 0. The number of rotatable bonds is 11. The van der Waals surface area contributed by atoms with E-state index < -0.39 is 11.9 Å². The molecule has 236 valence electrons. The van der Waals surface area contributed by atoms with Gasteiger partial charge in [0.2, 0.25) is 0 Å². The Bertz CT molecular complexity index is 1530. The van der Waals surface area contributed by atoms with Gasteiger partial charge in [0, 0.05) is 42.6 Å². The standard InChI is InChI=1S/C16H17N3O2.2C10H12O2/c1-18(2)6-7-19-15(20)12-5-3-4-10-8-11(17)9-13(14(10)12)16(19)21;2*11-10(12)8-4-7-9-5-2-1-3-6-9/h3-5,8-9H,6-7,17H2,1-2H3;2*1-3,5-6H,4,7-8H2,(H,11,12). The van der Waals surface area contributed by atoms with Crippen LogP contribution in [-0.4, -0.2) is 71.0 Å². The smallest absolute Gasteiger partial charge is 0.303 e. The van der Waals surface area contributed by atoms with Gasteiger partial charge in [-0.25, -0.2) is 0 Å². The number of nitrogens with zero attached hydrogens (tertiary/aromatic N) is 2. The van der Waals surface area contributed by atoms with Crippen LogP contribution in [0.15, 0.2) is 91.0 Å². The lowest BCUT2D eigenvalue weighted by atomic mass is 9.93. The predicted octanol–water partition coefficient (Wildman–Crippen LogP) is 5.77. The highest BCUT2D eigenvalue weighted by atomic mass is 16.4. The topological polar surface area (TPSA) is 141 Å². The van der Waals surface area contributed by atoms with Gasteiger partial charge in [0.1, 0.15) is 0 Å². The number of hydrogen-bond acceptors (Lipinski definition) is 6. The van der Waals surface area contributed by atoms with Crippen molar-refractivity contribution in [1.29, 1.82) is 0 Å². The molecule has 45 heavy (non-hydrogen) atoms. The van der Waals surface area contributed by atoms with Crippen molar-refractivity contribution in [3.8, 4) is 0 Å². The monoisotopic (exact) mass is 611 g/mol. The van der Waals surface area contributed by atoms with Crippen molar-refractivity contribution >= 4 is 40.2 Å². The number of carboxylic acids is 2. The number of anilines is 1. The van der Waals surface area contributed by atoms with E-state index in [9.17, 15) is 19.2 Å². The van der Waals surface area contributed by atoms with E-state index in [1.165, 1.54) is 16.0 Å². The van der Waals surface area contributed by atoms with Crippen LogP contribution in [0.1, 0.15) is 57.5 Å². The van der Waals surface area contributed by atoms with Gasteiger partial charge in [-0.3, -0.25) is 24.1 Å². The Balaban J connectivity index is 0.000000198. The van der Waals surface area contributed by atoms with Crippen LogP contribution in [0.25, 0.3) is 10.8 Å². The summed E-state index contributed by atoms with van der Waals surface area (Å²) in [5, 5.41) is 18.3. The lowest BCUT2D eigenvalue weighted by Crippen LogP contribution is -2.43. The van der Waals surface area contributed by atoms with E-state index in [-0.39, 0.29) is 24.7 Å². The molecule has 0 spiro atoms. The third-order valence-corrected chi connectivity index (χ3v) is 7.12. The molecule has 9 nitrogen and oxygen atoms in total. The van der Waals surface area contributed by atoms with Gasteiger partial charge in [0.25, 0.3) is 11.8 Å². The Morgan fingerprint density at radius 2 is 1.22 bits per heavy atom. The number of hydrogen-bond donors (Lipinski definition) is 3. The molecule has 9 heteroatoms. The molecule has 4 aromatic carbocycles. The molecule has 0 aromatic heterocycles. The second kappa shape index (κ2) is 17.3. The second-order valence-corrected chi connectivity index (χ2v) is 11.0. The molecule has 1 heterocycles. The quantitative estimate of drug-likeness (QED) is 0.143. The number of aliphatic carboxylic acids is 2. The number of aryl methyl sites for hydroxylation is 2. The van der Waals surface area contributed by atoms with Gasteiger partial charge in [-0.1, -0.05) is 72.8 Å². The van der Waals surface area contributed by atoms with Gasteiger partial charge >= 0.3 is 11.9 Å². The summed E-state index contributed by atoms with van der Waals surface area (Å²) in [4.78, 5) is 48.8. The van der Waals surface area contributed by atoms with Gasteiger partial charge in [-0.15, -0.1) is 0 Å². The van der Waals surface area contributed by atoms with Crippen molar-refractivity contribution < 1.29 is 29.4 Å². The van der Waals surface area contributed by atoms with E-state index >= 15 is 0 Å². The number of nitrogens with two attached hydrogens (primary N) is 1. The fourth-order valence-corrected chi connectivity index (χ4v) is 4.86. The van der Waals surface area contributed by atoms with Crippen LogP contribution in [0.2, 0.25) is 0 Å². The maximum Gasteiger partial charge on any atom is 0.303 e. The molecule has 0 radical (unpaired) electrons. The highest BCUT2D eigenvalue weighted by molar-refractivity contribution is 6.25. The number of benzene rings is 4. The molecular weight excluding hydrogens is 570 g/mol. The van der Waals surface area contributed by atoms with Crippen molar-refractivity contribution in [2.24, 2.45) is 0 Å². The number of nitrogen functional groups attached to an aromatic ring is 1. The molecule has 2 amide bonds. The zero-order chi connectivity index (χ0) is 32.8. The van der Waals surface area contributed by atoms with Crippen molar-refractivity contribution in [3.05, 3.63) is 113 Å². The van der Waals surface area contributed by atoms with Gasteiger partial charge < -0.3 is 20.8 Å². The molecule has 1 aliphatic rings. The average molecular weight is 612 g/mol. The SMILES string of the molecule is CN(C)CCN1C(=O)c2cccc3cc(N)cc(c23)C1=O.O=C(O)CCCc1ccccc1.O=C(O)CCCc1ccccc1. The summed E-state index contributed by atoms with van der Waals surface area (Å²) in [7, 11) is 3.82. The minimum absolute atomic E-state index is 0.232. The summed E-state index contributed by atoms with van der Waals surface area (Å²) in [6.45, 7) is 1.00. The molecular formula is C36H41N3O6. The zero-order valence-corrected chi connectivity index (χ0v) is 25.8. The Hall–Kier alpha value is -5.02. The summed E-state index contributed by atoms with van der Waals surface area (Å²) in [6, 6.07) is 28.8. The third kappa shape index (κ3) is 10.9. The molecule has 0 unspecified atom stereocenters. The van der Waals surface area contributed by atoms with Gasteiger partial charge in [-0.05, 0) is 74.5 Å². The molecule has 0 saturated heterocycles. The van der Waals surface area contributed by atoms with E-state index in [0.717, 1.165) is 31.1 Å². The average Bonchev–Trinajstić information content (AvgIpc) is 3.01. The van der Waals surface area contributed by atoms with E-state index in [4.69, 9.17) is 15.9 Å². The van der Waals surface area contributed by atoms with Gasteiger partial charge in [0.05, 0.1) is 5.56 Å². The predicted molar refractivity (Wildman–Crippen MR) is 176 cm³/mol. The summed E-state index contributed by atoms with van der Waals surface area (Å²) in [5.41, 5.74) is 9.90. The van der Waals surface area contributed by atoms with Crippen LogP contribution < -0.4 is 5.73 Å². The summed E-state index contributed by atoms with van der Waals surface area (Å²) >= 11 is 0. The molecule has 0 aliphatic carbocycles. The molecule has 0 bridgehead atoms. The minimum atomic E-state index is -0.717. The largest absolute Gasteiger partial charge is 0.481 e. The highest BCUT2D eigenvalue weighted by Gasteiger charge is 2.32. The first-order chi connectivity index (χ1) is 21.6. The first kappa shape index (κ1) is 34.5. The van der Waals surface area contributed by atoms with Crippen LogP contribution >= 0.6 is 0 Å². The summed E-state index contributed by atoms with van der Waals surface area (Å²) in [5.74, 6) is -1.93. The molecule has 1 aliphatic heterocycles. The van der Waals surface area contributed by atoms with Crippen molar-refractivity contribution in [1.82, 2.24) is 9.80 Å². The van der Waals surface area contributed by atoms with Crippen LogP contribution in [-0.2, 0) is 22.4 Å². The maximum absolute atomic E-state index is 12.6. The molecule has 0 saturated carbocycles. The normalized spacial score (nSPS) is 11.8. The lowest BCUT2D eigenvalue weighted by Gasteiger charge is -2.28. The zero-order valence-electron chi connectivity index (χ0n) is 25.8. The number of carbonyl (C=O) groups excluding carboxylic acids is 2. The molecule has 4 aromatic rings. The van der Waals surface area contributed by atoms with E-state index in [0.29, 0.717) is 35.3 Å². The van der Waals surface area contributed by atoms with Gasteiger partial charge in [0.15, 0.2) is 0 Å². The van der Waals surface area contributed by atoms with Crippen molar-refractivity contribution in [2.75, 3.05) is 32.9 Å². The maximum atomic E-state index is 12.6. The molecule has 0 atom stereocenters. The van der Waals surface area contributed by atoms with Crippen LogP contribution in [0.3, 0.4) is 0 Å². The second-order valence-electron chi connectivity index (χ2n) is 11.0. The van der Waals surface area contributed by atoms with E-state index in [1.807, 2.05) is 91.8 Å². The van der Waals surface area contributed by atoms with Crippen LogP contribution in [0.4, 0.5) is 5.69 Å². The highest BCUT2D eigenvalue weighted by Crippen LogP contribution is 2.31. The lowest BCUT2D eigenvalue weighted by molar-refractivity contribution is -0.138. The van der Waals surface area contributed by atoms with Crippen LogP contribution in [0.5, 0.6) is 0 Å². The first-order valence-corrected chi connectivity index (χ1v) is 14.9. The number of imide groups is 1. The van der Waals surface area contributed by atoms with E-state index in [1.54, 1.807) is 18.2 Å². The van der Waals surface area contributed by atoms with Crippen LogP contribution in [0, 0.1) is 0 Å². The summed E-state index contributed by atoms with van der Waals surface area (Å²) in [6.07, 6.45) is 3.67. The first-order valence-electron chi connectivity index (χ1n) is 14.9. The third-order valence-electron chi connectivity index (χ3n) is 7.12. The Morgan fingerprint density at radius 1 is 0.711 bits per heavy atom. The minimum Gasteiger partial charge on any atom is -0.481 e. The number of carbonyl (C=O) groups is 4. The molecule has 4 N–H and O–H groups in total. The Kier molecular flexibility index (Phi) is 13.3.